The Morgan fingerprint density at radius 2 is 1.04 bits per heavy atom. The van der Waals surface area contributed by atoms with Crippen molar-refractivity contribution in [1.82, 2.24) is 0 Å². The van der Waals surface area contributed by atoms with Gasteiger partial charge < -0.3 is 0 Å². The summed E-state index contributed by atoms with van der Waals surface area (Å²) in [5.74, 6) is 1.47. The fraction of sp³-hybridized carbons (Fsp3) is 0.880. The lowest BCUT2D eigenvalue weighted by Crippen LogP contribution is -2.18. The predicted octanol–water partition coefficient (Wildman–Crippen LogP) is 8.42. The molecule has 26 heavy (non-hydrogen) atoms. The van der Waals surface area contributed by atoms with E-state index in [1.165, 1.54) is 95.5 Å². The maximum Gasteiger partial charge on any atom is 0.162 e. The standard InChI is InChI=1S/C25H46O/c1-5-9-13-17-21-22(18-14-10-6-2)24(20-16-12-8-4)25(26)23(21)19-15-11-7-3/h21,23H,5-20H2,1-4H3. The van der Waals surface area contributed by atoms with Gasteiger partial charge in [-0.2, -0.15) is 0 Å². The number of carbonyl (C=O) groups is 1. The number of ketones is 1. The van der Waals surface area contributed by atoms with Crippen LogP contribution in [0.25, 0.3) is 0 Å². The van der Waals surface area contributed by atoms with Crippen LogP contribution in [0, 0.1) is 11.8 Å². The van der Waals surface area contributed by atoms with Gasteiger partial charge in [-0.15, -0.1) is 0 Å². The summed E-state index contributed by atoms with van der Waals surface area (Å²) in [7, 11) is 0. The molecule has 0 heterocycles. The molecule has 0 aromatic carbocycles. The Labute approximate surface area is 164 Å². The van der Waals surface area contributed by atoms with Gasteiger partial charge >= 0.3 is 0 Å². The van der Waals surface area contributed by atoms with Gasteiger partial charge in [0.15, 0.2) is 5.78 Å². The van der Waals surface area contributed by atoms with Crippen LogP contribution >= 0.6 is 0 Å². The summed E-state index contributed by atoms with van der Waals surface area (Å²) >= 11 is 0. The summed E-state index contributed by atoms with van der Waals surface area (Å²) < 4.78 is 0. The van der Waals surface area contributed by atoms with E-state index >= 15 is 0 Å². The maximum absolute atomic E-state index is 13.3. The normalized spacial score (nSPS) is 20.4. The largest absolute Gasteiger partial charge is 0.294 e. The van der Waals surface area contributed by atoms with Gasteiger partial charge in [0.2, 0.25) is 0 Å². The van der Waals surface area contributed by atoms with Crippen LogP contribution in [0.2, 0.25) is 0 Å². The highest BCUT2D eigenvalue weighted by atomic mass is 16.1. The zero-order valence-electron chi connectivity index (χ0n) is 18.4. The molecule has 0 amide bonds. The first-order valence-electron chi connectivity index (χ1n) is 12.0. The van der Waals surface area contributed by atoms with Crippen LogP contribution in [0.4, 0.5) is 0 Å². The highest BCUT2D eigenvalue weighted by molar-refractivity contribution is 6.01. The van der Waals surface area contributed by atoms with E-state index in [0.717, 1.165) is 12.8 Å². The number of hydrogen-bond donors (Lipinski definition) is 0. The van der Waals surface area contributed by atoms with Crippen molar-refractivity contribution >= 4 is 5.78 Å². The molecule has 0 bridgehead atoms. The lowest BCUT2D eigenvalue weighted by Gasteiger charge is -2.22. The molecular weight excluding hydrogens is 316 g/mol. The Bertz CT molecular complexity index is 406. The smallest absolute Gasteiger partial charge is 0.162 e. The Hall–Kier alpha value is -0.590. The molecule has 1 aliphatic rings. The summed E-state index contributed by atoms with van der Waals surface area (Å²) in [4.78, 5) is 13.3. The van der Waals surface area contributed by atoms with Crippen LogP contribution in [0.1, 0.15) is 130 Å². The molecule has 2 unspecified atom stereocenters. The van der Waals surface area contributed by atoms with E-state index in [0.29, 0.717) is 17.6 Å². The van der Waals surface area contributed by atoms with Crippen molar-refractivity contribution in [3.63, 3.8) is 0 Å². The summed E-state index contributed by atoms with van der Waals surface area (Å²) in [6.07, 6.45) is 19.9. The summed E-state index contributed by atoms with van der Waals surface area (Å²) in [5, 5.41) is 0. The average Bonchev–Trinajstić information content (AvgIpc) is 2.88. The zero-order chi connectivity index (χ0) is 19.2. The molecule has 0 saturated heterocycles. The Balaban J connectivity index is 2.92. The van der Waals surface area contributed by atoms with Gasteiger partial charge in [-0.3, -0.25) is 4.79 Å². The van der Waals surface area contributed by atoms with E-state index in [1.807, 2.05) is 0 Å². The third-order valence-corrected chi connectivity index (χ3v) is 6.27. The Morgan fingerprint density at radius 1 is 0.577 bits per heavy atom. The highest BCUT2D eigenvalue weighted by Crippen LogP contribution is 2.44. The first kappa shape index (κ1) is 23.4. The highest BCUT2D eigenvalue weighted by Gasteiger charge is 2.39. The SMILES string of the molecule is CCCCCC1=C(CCCCC)C(CCCCC)C(CCCCC)C1=O. The quantitative estimate of drug-likeness (QED) is 0.252. The summed E-state index contributed by atoms with van der Waals surface area (Å²) in [6.45, 7) is 9.09. The first-order valence-corrected chi connectivity index (χ1v) is 12.0. The van der Waals surface area contributed by atoms with E-state index < -0.39 is 0 Å². The molecule has 2 atom stereocenters. The van der Waals surface area contributed by atoms with Crippen molar-refractivity contribution < 1.29 is 4.79 Å². The number of carbonyl (C=O) groups excluding carboxylic acids is 1. The van der Waals surface area contributed by atoms with Crippen molar-refractivity contribution in [1.29, 1.82) is 0 Å². The van der Waals surface area contributed by atoms with Crippen molar-refractivity contribution in [2.45, 2.75) is 130 Å². The van der Waals surface area contributed by atoms with Crippen LogP contribution in [0.15, 0.2) is 11.1 Å². The van der Waals surface area contributed by atoms with Crippen LogP contribution in [-0.2, 0) is 4.79 Å². The second-order valence-electron chi connectivity index (χ2n) is 8.49. The number of allylic oxidation sites excluding steroid dienone is 2. The van der Waals surface area contributed by atoms with E-state index in [-0.39, 0.29) is 0 Å². The molecule has 0 N–H and O–H groups in total. The Morgan fingerprint density at radius 3 is 1.58 bits per heavy atom. The molecule has 0 aromatic rings. The van der Waals surface area contributed by atoms with Gasteiger partial charge in [-0.25, -0.2) is 0 Å². The zero-order valence-corrected chi connectivity index (χ0v) is 18.4. The van der Waals surface area contributed by atoms with Crippen LogP contribution in [0.5, 0.6) is 0 Å². The fourth-order valence-electron chi connectivity index (χ4n) is 4.70. The van der Waals surface area contributed by atoms with Crippen molar-refractivity contribution in [3.05, 3.63) is 11.1 Å². The van der Waals surface area contributed by atoms with Crippen molar-refractivity contribution in [3.8, 4) is 0 Å². The third kappa shape index (κ3) is 7.57. The Kier molecular flexibility index (Phi) is 13.0. The second kappa shape index (κ2) is 14.5. The minimum atomic E-state index is 0.326. The lowest BCUT2D eigenvalue weighted by molar-refractivity contribution is -0.119. The number of hydrogen-bond acceptors (Lipinski definition) is 1. The maximum atomic E-state index is 13.3. The molecule has 1 aliphatic carbocycles. The molecule has 0 aliphatic heterocycles. The third-order valence-electron chi connectivity index (χ3n) is 6.27. The van der Waals surface area contributed by atoms with Gasteiger partial charge in [0.1, 0.15) is 0 Å². The monoisotopic (exact) mass is 362 g/mol. The van der Waals surface area contributed by atoms with Gasteiger partial charge in [0.05, 0.1) is 0 Å². The molecule has 0 aromatic heterocycles. The van der Waals surface area contributed by atoms with Crippen molar-refractivity contribution in [2.24, 2.45) is 11.8 Å². The summed E-state index contributed by atoms with van der Waals surface area (Å²) in [5.41, 5.74) is 2.90. The molecule has 1 heteroatoms. The van der Waals surface area contributed by atoms with E-state index in [9.17, 15) is 4.79 Å². The van der Waals surface area contributed by atoms with Gasteiger partial charge in [0, 0.05) is 5.92 Å². The van der Waals surface area contributed by atoms with Crippen LogP contribution in [0.3, 0.4) is 0 Å². The van der Waals surface area contributed by atoms with E-state index in [4.69, 9.17) is 0 Å². The topological polar surface area (TPSA) is 17.1 Å². The second-order valence-corrected chi connectivity index (χ2v) is 8.49. The van der Waals surface area contributed by atoms with Gasteiger partial charge in [-0.1, -0.05) is 97.5 Å². The molecular formula is C25H46O. The average molecular weight is 363 g/mol. The van der Waals surface area contributed by atoms with Gasteiger partial charge in [-0.05, 0) is 50.0 Å². The number of rotatable bonds is 16. The number of unbranched alkanes of at least 4 members (excludes halogenated alkanes) is 8. The molecule has 0 spiro atoms. The molecule has 0 fully saturated rings. The molecule has 0 saturated carbocycles. The summed E-state index contributed by atoms with van der Waals surface area (Å²) in [6, 6.07) is 0. The minimum absolute atomic E-state index is 0.326. The number of Topliss-reactive ketones (excluding diaryl/α,β-unsaturated/α-hetero) is 1. The molecule has 152 valence electrons. The molecule has 1 nitrogen and oxygen atoms in total. The van der Waals surface area contributed by atoms with Crippen LogP contribution in [-0.4, -0.2) is 5.78 Å². The van der Waals surface area contributed by atoms with Gasteiger partial charge in [0.25, 0.3) is 0 Å². The minimum Gasteiger partial charge on any atom is -0.294 e. The molecule has 0 radical (unpaired) electrons. The van der Waals surface area contributed by atoms with Crippen molar-refractivity contribution in [2.75, 3.05) is 0 Å². The van der Waals surface area contributed by atoms with E-state index in [1.54, 1.807) is 5.57 Å². The molecule has 1 rings (SSSR count). The van der Waals surface area contributed by atoms with E-state index in [2.05, 4.69) is 27.7 Å². The lowest BCUT2D eigenvalue weighted by atomic mass is 9.81. The fourth-order valence-corrected chi connectivity index (χ4v) is 4.70. The first-order chi connectivity index (χ1) is 12.7. The predicted molar refractivity (Wildman–Crippen MR) is 116 cm³/mol. The van der Waals surface area contributed by atoms with Crippen LogP contribution < -0.4 is 0 Å².